The van der Waals surface area contributed by atoms with Crippen LogP contribution in [0, 0.1) is 16.7 Å². The number of hydrogen-bond donors (Lipinski definition) is 0. The van der Waals surface area contributed by atoms with E-state index in [1.54, 1.807) is 6.07 Å². The monoisotopic (exact) mass is 272 g/mol. The molecule has 0 aromatic heterocycles. The highest BCUT2D eigenvalue weighted by atomic mass is 16.5. The van der Waals surface area contributed by atoms with E-state index in [0.29, 0.717) is 23.3 Å². The molecule has 1 aromatic rings. The summed E-state index contributed by atoms with van der Waals surface area (Å²) in [7, 11) is 0. The van der Waals surface area contributed by atoms with Crippen molar-refractivity contribution < 1.29 is 4.74 Å². The van der Waals surface area contributed by atoms with Crippen LogP contribution in [-0.4, -0.2) is 31.1 Å². The van der Waals surface area contributed by atoms with Gasteiger partial charge in [-0.25, -0.2) is 0 Å². The third kappa shape index (κ3) is 4.25. The maximum atomic E-state index is 8.99. The number of benzene rings is 1. The van der Waals surface area contributed by atoms with E-state index in [4.69, 9.17) is 10.00 Å². The third-order valence-corrected chi connectivity index (χ3v) is 4.09. The van der Waals surface area contributed by atoms with Gasteiger partial charge in [0.2, 0.25) is 0 Å². The van der Waals surface area contributed by atoms with Gasteiger partial charge in [-0.1, -0.05) is 26.0 Å². The number of piperidine rings is 1. The number of rotatable bonds is 5. The Morgan fingerprint density at radius 1 is 1.25 bits per heavy atom. The zero-order valence-corrected chi connectivity index (χ0v) is 12.6. The van der Waals surface area contributed by atoms with Crippen molar-refractivity contribution in [1.82, 2.24) is 4.90 Å². The number of nitriles is 1. The first-order valence-corrected chi connectivity index (χ1v) is 7.45. The molecular weight excluding hydrogens is 248 g/mol. The third-order valence-electron chi connectivity index (χ3n) is 4.09. The van der Waals surface area contributed by atoms with Gasteiger partial charge in [0, 0.05) is 6.54 Å². The summed E-state index contributed by atoms with van der Waals surface area (Å²) in [6.45, 7) is 8.87. The van der Waals surface area contributed by atoms with Gasteiger partial charge < -0.3 is 9.64 Å². The fourth-order valence-corrected chi connectivity index (χ4v) is 2.54. The van der Waals surface area contributed by atoms with Crippen LogP contribution < -0.4 is 4.74 Å². The van der Waals surface area contributed by atoms with E-state index in [2.05, 4.69) is 24.8 Å². The lowest BCUT2D eigenvalue weighted by molar-refractivity contribution is 0.126. The molecule has 3 nitrogen and oxygen atoms in total. The quantitative estimate of drug-likeness (QED) is 0.770. The van der Waals surface area contributed by atoms with Crippen LogP contribution in [0.3, 0.4) is 0 Å². The molecule has 1 aliphatic heterocycles. The lowest BCUT2D eigenvalue weighted by Gasteiger charge is -2.36. The number of para-hydroxylation sites is 1. The summed E-state index contributed by atoms with van der Waals surface area (Å²) in [5.41, 5.74) is 1.13. The first kappa shape index (κ1) is 14.9. The molecule has 1 saturated heterocycles. The molecule has 3 heteroatoms. The van der Waals surface area contributed by atoms with Gasteiger partial charge in [0.25, 0.3) is 0 Å². The molecule has 0 N–H and O–H groups in total. The Labute approximate surface area is 122 Å². The van der Waals surface area contributed by atoms with Gasteiger partial charge in [0.05, 0.1) is 12.2 Å². The predicted octanol–water partition coefficient (Wildman–Crippen LogP) is 3.45. The minimum Gasteiger partial charge on any atom is -0.492 e. The standard InChI is InChI=1S/C17H24N2O/c1-17(2)8-11-19(12-9-17)10-5-13-20-16-7-4-3-6-15(16)14-18/h3-4,6-7H,5,8-13H2,1-2H3. The smallest absolute Gasteiger partial charge is 0.137 e. The minimum atomic E-state index is 0.513. The largest absolute Gasteiger partial charge is 0.492 e. The van der Waals surface area contributed by atoms with E-state index in [1.165, 1.54) is 25.9 Å². The van der Waals surface area contributed by atoms with Crippen molar-refractivity contribution in [3.63, 3.8) is 0 Å². The summed E-state index contributed by atoms with van der Waals surface area (Å²) < 4.78 is 5.71. The molecule has 0 atom stereocenters. The van der Waals surface area contributed by atoms with Crippen molar-refractivity contribution in [2.24, 2.45) is 5.41 Å². The van der Waals surface area contributed by atoms with Crippen molar-refractivity contribution in [2.75, 3.05) is 26.2 Å². The van der Waals surface area contributed by atoms with Crippen LogP contribution >= 0.6 is 0 Å². The highest BCUT2D eigenvalue weighted by molar-refractivity contribution is 5.42. The summed E-state index contributed by atoms with van der Waals surface area (Å²) in [6.07, 6.45) is 3.58. The number of ether oxygens (including phenoxy) is 1. The summed E-state index contributed by atoms with van der Waals surface area (Å²) >= 11 is 0. The van der Waals surface area contributed by atoms with Crippen LogP contribution in [-0.2, 0) is 0 Å². The highest BCUT2D eigenvalue weighted by Crippen LogP contribution is 2.29. The summed E-state index contributed by atoms with van der Waals surface area (Å²) in [4.78, 5) is 2.52. The molecule has 0 amide bonds. The van der Waals surface area contributed by atoms with Gasteiger partial charge in [0.15, 0.2) is 0 Å². The summed E-state index contributed by atoms with van der Waals surface area (Å²) in [5, 5.41) is 8.99. The van der Waals surface area contributed by atoms with Gasteiger partial charge in [-0.15, -0.1) is 0 Å². The van der Waals surface area contributed by atoms with Gasteiger partial charge >= 0.3 is 0 Å². The van der Waals surface area contributed by atoms with Gasteiger partial charge in [0.1, 0.15) is 11.8 Å². The summed E-state index contributed by atoms with van der Waals surface area (Å²) in [5.74, 6) is 0.703. The average Bonchev–Trinajstić information content (AvgIpc) is 2.45. The maximum absolute atomic E-state index is 8.99. The van der Waals surface area contributed by atoms with Crippen LogP contribution in [0.2, 0.25) is 0 Å². The Morgan fingerprint density at radius 3 is 2.65 bits per heavy atom. The Bertz CT molecular complexity index is 466. The SMILES string of the molecule is CC1(C)CCN(CCCOc2ccccc2C#N)CC1. The second-order valence-corrected chi connectivity index (χ2v) is 6.32. The van der Waals surface area contributed by atoms with Crippen LogP contribution in [0.25, 0.3) is 0 Å². The molecule has 2 rings (SSSR count). The Hall–Kier alpha value is -1.53. The Balaban J connectivity index is 1.69. The topological polar surface area (TPSA) is 36.3 Å². The van der Waals surface area contributed by atoms with E-state index in [1.807, 2.05) is 18.2 Å². The maximum Gasteiger partial charge on any atom is 0.137 e. The molecule has 0 aliphatic carbocycles. The van der Waals surface area contributed by atoms with Crippen molar-refractivity contribution in [3.05, 3.63) is 29.8 Å². The zero-order valence-electron chi connectivity index (χ0n) is 12.6. The molecule has 0 bridgehead atoms. The fourth-order valence-electron chi connectivity index (χ4n) is 2.54. The van der Waals surface area contributed by atoms with Crippen LogP contribution in [0.4, 0.5) is 0 Å². The predicted molar refractivity (Wildman–Crippen MR) is 80.7 cm³/mol. The number of hydrogen-bond acceptors (Lipinski definition) is 3. The lowest BCUT2D eigenvalue weighted by atomic mass is 9.83. The fraction of sp³-hybridized carbons (Fsp3) is 0.588. The van der Waals surface area contributed by atoms with E-state index in [9.17, 15) is 0 Å². The van der Waals surface area contributed by atoms with Crippen molar-refractivity contribution >= 4 is 0 Å². The highest BCUT2D eigenvalue weighted by Gasteiger charge is 2.24. The van der Waals surface area contributed by atoms with E-state index < -0.39 is 0 Å². The number of likely N-dealkylation sites (tertiary alicyclic amines) is 1. The molecule has 108 valence electrons. The van der Waals surface area contributed by atoms with Crippen molar-refractivity contribution in [3.8, 4) is 11.8 Å². The minimum absolute atomic E-state index is 0.513. The van der Waals surface area contributed by atoms with Crippen molar-refractivity contribution in [1.29, 1.82) is 5.26 Å². The molecule has 1 fully saturated rings. The van der Waals surface area contributed by atoms with Gasteiger partial charge in [-0.3, -0.25) is 0 Å². The Kier molecular flexibility index (Phi) is 5.03. The van der Waals surface area contributed by atoms with Crippen molar-refractivity contribution in [2.45, 2.75) is 33.1 Å². The normalized spacial score (nSPS) is 18.4. The first-order valence-electron chi connectivity index (χ1n) is 7.45. The first-order chi connectivity index (χ1) is 9.61. The zero-order chi connectivity index (χ0) is 14.4. The molecule has 0 unspecified atom stereocenters. The summed E-state index contributed by atoms with van der Waals surface area (Å²) in [6, 6.07) is 9.58. The Morgan fingerprint density at radius 2 is 1.95 bits per heavy atom. The molecule has 1 aromatic carbocycles. The van der Waals surface area contributed by atoms with Crippen LogP contribution in [0.5, 0.6) is 5.75 Å². The van der Waals surface area contributed by atoms with Crippen LogP contribution in [0.1, 0.15) is 38.7 Å². The van der Waals surface area contributed by atoms with E-state index in [0.717, 1.165) is 13.0 Å². The van der Waals surface area contributed by atoms with E-state index in [-0.39, 0.29) is 0 Å². The lowest BCUT2D eigenvalue weighted by Crippen LogP contribution is -2.38. The molecule has 1 heterocycles. The van der Waals surface area contributed by atoms with E-state index >= 15 is 0 Å². The second kappa shape index (κ2) is 6.76. The second-order valence-electron chi connectivity index (χ2n) is 6.32. The van der Waals surface area contributed by atoms with Gasteiger partial charge in [-0.05, 0) is 49.9 Å². The molecule has 1 aliphatic rings. The molecular formula is C17H24N2O. The average molecular weight is 272 g/mol. The number of nitrogens with zero attached hydrogens (tertiary/aromatic N) is 2. The van der Waals surface area contributed by atoms with Gasteiger partial charge in [-0.2, -0.15) is 5.26 Å². The molecule has 20 heavy (non-hydrogen) atoms. The molecule has 0 saturated carbocycles. The molecule has 0 spiro atoms. The van der Waals surface area contributed by atoms with Crippen LogP contribution in [0.15, 0.2) is 24.3 Å². The molecule has 0 radical (unpaired) electrons.